The topological polar surface area (TPSA) is 106 Å². The van der Waals surface area contributed by atoms with Gasteiger partial charge in [0.1, 0.15) is 17.5 Å². The lowest BCUT2D eigenvalue weighted by Gasteiger charge is -2.22. The smallest absolute Gasteiger partial charge is 0.230 e. The van der Waals surface area contributed by atoms with Crippen molar-refractivity contribution in [1.82, 2.24) is 9.78 Å². The molecular weight excluding hydrogens is 318 g/mol. The van der Waals surface area contributed by atoms with Gasteiger partial charge in [0, 0.05) is 6.61 Å². The molecule has 7 nitrogen and oxygen atoms in total. The zero-order valence-electron chi connectivity index (χ0n) is 14.3. The predicted molar refractivity (Wildman–Crippen MR) is 94.0 cm³/mol. The first-order valence-electron chi connectivity index (χ1n) is 8.28. The molecule has 0 unspecified atom stereocenters. The Morgan fingerprint density at radius 3 is 2.92 bits per heavy atom. The summed E-state index contributed by atoms with van der Waals surface area (Å²) in [5, 5.41) is 16.2. The number of hydrogen-bond acceptors (Lipinski definition) is 5. The SMILES string of the molecule is CC(C)[C@H]1OCC[C@H]1C(=O)Nc1ccccc1-n1ncc(C#N)c1N. The average molecular weight is 339 g/mol. The first-order chi connectivity index (χ1) is 12.0. The molecule has 2 atom stereocenters. The Labute approximate surface area is 146 Å². The Kier molecular flexibility index (Phi) is 4.72. The van der Waals surface area contributed by atoms with Crippen molar-refractivity contribution in [2.24, 2.45) is 11.8 Å². The van der Waals surface area contributed by atoms with E-state index in [0.717, 1.165) is 0 Å². The van der Waals surface area contributed by atoms with E-state index >= 15 is 0 Å². The lowest BCUT2D eigenvalue weighted by Crippen LogP contribution is -2.33. The summed E-state index contributed by atoms with van der Waals surface area (Å²) in [7, 11) is 0. The first-order valence-corrected chi connectivity index (χ1v) is 8.28. The monoisotopic (exact) mass is 339 g/mol. The van der Waals surface area contributed by atoms with E-state index in [0.29, 0.717) is 30.0 Å². The van der Waals surface area contributed by atoms with Crippen molar-refractivity contribution in [3.8, 4) is 11.8 Å². The van der Waals surface area contributed by atoms with Crippen molar-refractivity contribution >= 4 is 17.4 Å². The van der Waals surface area contributed by atoms with Gasteiger partial charge in [-0.15, -0.1) is 0 Å². The number of nitrogens with one attached hydrogen (secondary N) is 1. The number of aromatic nitrogens is 2. The molecule has 1 amide bonds. The fourth-order valence-corrected chi connectivity index (χ4v) is 3.17. The molecule has 2 aromatic rings. The van der Waals surface area contributed by atoms with Gasteiger partial charge in [-0.3, -0.25) is 4.79 Å². The van der Waals surface area contributed by atoms with Crippen LogP contribution in [0.5, 0.6) is 0 Å². The van der Waals surface area contributed by atoms with Gasteiger partial charge in [-0.25, -0.2) is 4.68 Å². The molecule has 3 N–H and O–H groups in total. The standard InChI is InChI=1S/C18H21N5O2/c1-11(2)16-13(7-8-25-16)18(24)22-14-5-3-4-6-15(14)23-17(20)12(9-19)10-21-23/h3-6,10-11,13,16H,7-8,20H2,1-2H3,(H,22,24)/t13-,16-/m1/s1. The van der Waals surface area contributed by atoms with Crippen LogP contribution in [0.1, 0.15) is 25.8 Å². The van der Waals surface area contributed by atoms with Crippen LogP contribution in [0.15, 0.2) is 30.5 Å². The largest absolute Gasteiger partial charge is 0.382 e. The van der Waals surface area contributed by atoms with Crippen LogP contribution in [0.2, 0.25) is 0 Å². The number of hydrogen-bond donors (Lipinski definition) is 2. The number of para-hydroxylation sites is 2. The third-order valence-corrected chi connectivity index (χ3v) is 4.45. The molecule has 1 fully saturated rings. The van der Waals surface area contributed by atoms with Gasteiger partial charge in [-0.1, -0.05) is 26.0 Å². The number of amides is 1. The van der Waals surface area contributed by atoms with Gasteiger partial charge in [-0.2, -0.15) is 10.4 Å². The number of nitrogens with zero attached hydrogens (tertiary/aromatic N) is 3. The molecule has 25 heavy (non-hydrogen) atoms. The Morgan fingerprint density at radius 2 is 2.24 bits per heavy atom. The maximum atomic E-state index is 12.8. The molecule has 1 aromatic heterocycles. The second-order valence-corrected chi connectivity index (χ2v) is 6.45. The van der Waals surface area contributed by atoms with E-state index in [1.54, 1.807) is 12.1 Å². The number of nitrogen functional groups attached to an aromatic ring is 1. The van der Waals surface area contributed by atoms with E-state index in [-0.39, 0.29) is 29.7 Å². The van der Waals surface area contributed by atoms with E-state index in [4.69, 9.17) is 15.7 Å². The number of carbonyl (C=O) groups is 1. The lowest BCUT2D eigenvalue weighted by molar-refractivity contribution is -0.122. The summed E-state index contributed by atoms with van der Waals surface area (Å²) >= 11 is 0. The zero-order valence-corrected chi connectivity index (χ0v) is 14.3. The van der Waals surface area contributed by atoms with Crippen LogP contribution in [0.3, 0.4) is 0 Å². The van der Waals surface area contributed by atoms with E-state index in [9.17, 15) is 4.79 Å². The van der Waals surface area contributed by atoms with Gasteiger partial charge < -0.3 is 15.8 Å². The maximum Gasteiger partial charge on any atom is 0.230 e. The molecule has 1 aromatic carbocycles. The second kappa shape index (κ2) is 6.95. The van der Waals surface area contributed by atoms with Crippen LogP contribution in [0, 0.1) is 23.2 Å². The summed E-state index contributed by atoms with van der Waals surface area (Å²) in [6, 6.07) is 9.24. The second-order valence-electron chi connectivity index (χ2n) is 6.45. The van der Waals surface area contributed by atoms with Crippen molar-refractivity contribution < 1.29 is 9.53 Å². The molecule has 1 aliphatic rings. The van der Waals surface area contributed by atoms with Gasteiger partial charge in [0.15, 0.2) is 0 Å². The zero-order chi connectivity index (χ0) is 18.0. The molecule has 3 rings (SSSR count). The Bertz CT molecular complexity index is 821. The van der Waals surface area contributed by atoms with Crippen LogP contribution >= 0.6 is 0 Å². The lowest BCUT2D eigenvalue weighted by atomic mass is 9.92. The van der Waals surface area contributed by atoms with Crippen LogP contribution < -0.4 is 11.1 Å². The van der Waals surface area contributed by atoms with Crippen LogP contribution in [-0.4, -0.2) is 28.4 Å². The van der Waals surface area contributed by atoms with Crippen LogP contribution in [0.4, 0.5) is 11.5 Å². The number of nitrogens with two attached hydrogens (primary N) is 1. The molecule has 0 spiro atoms. The number of nitriles is 1. The summed E-state index contributed by atoms with van der Waals surface area (Å²) in [6.45, 7) is 4.70. The van der Waals surface area contributed by atoms with Gasteiger partial charge in [0.25, 0.3) is 0 Å². The summed E-state index contributed by atoms with van der Waals surface area (Å²) in [5.41, 5.74) is 7.49. The van der Waals surface area contributed by atoms with Gasteiger partial charge >= 0.3 is 0 Å². The fourth-order valence-electron chi connectivity index (χ4n) is 3.17. The highest BCUT2D eigenvalue weighted by molar-refractivity contribution is 5.95. The predicted octanol–water partition coefficient (Wildman–Crippen LogP) is 2.33. The number of ether oxygens (including phenoxy) is 1. The van der Waals surface area contributed by atoms with Crippen molar-refractivity contribution in [3.05, 3.63) is 36.0 Å². The first kappa shape index (κ1) is 17.0. The highest BCUT2D eigenvalue weighted by Gasteiger charge is 2.36. The average Bonchev–Trinajstić information content (AvgIpc) is 3.22. The molecule has 2 heterocycles. The van der Waals surface area contributed by atoms with Crippen LogP contribution in [0.25, 0.3) is 5.69 Å². The number of anilines is 2. The van der Waals surface area contributed by atoms with Gasteiger partial charge in [0.05, 0.1) is 29.6 Å². The number of rotatable bonds is 4. The highest BCUT2D eigenvalue weighted by atomic mass is 16.5. The van der Waals surface area contributed by atoms with E-state index < -0.39 is 0 Å². The molecular formula is C18H21N5O2. The fraction of sp³-hybridized carbons (Fsp3) is 0.389. The van der Waals surface area contributed by atoms with Crippen LogP contribution in [-0.2, 0) is 9.53 Å². The molecule has 7 heteroatoms. The van der Waals surface area contributed by atoms with Crippen molar-refractivity contribution in [1.29, 1.82) is 5.26 Å². The Balaban J connectivity index is 1.88. The normalized spacial score (nSPS) is 19.8. The van der Waals surface area contributed by atoms with E-state index in [1.165, 1.54) is 10.9 Å². The highest BCUT2D eigenvalue weighted by Crippen LogP contribution is 2.29. The van der Waals surface area contributed by atoms with Crippen molar-refractivity contribution in [2.45, 2.75) is 26.4 Å². The van der Waals surface area contributed by atoms with E-state index in [2.05, 4.69) is 24.3 Å². The summed E-state index contributed by atoms with van der Waals surface area (Å²) in [6.07, 6.45) is 2.04. The number of carbonyl (C=O) groups excluding carboxylic acids is 1. The van der Waals surface area contributed by atoms with Crippen molar-refractivity contribution in [2.75, 3.05) is 17.7 Å². The Hall–Kier alpha value is -2.85. The number of benzene rings is 1. The molecule has 0 radical (unpaired) electrons. The molecule has 0 aliphatic carbocycles. The third-order valence-electron chi connectivity index (χ3n) is 4.45. The molecule has 0 bridgehead atoms. The molecule has 0 saturated carbocycles. The summed E-state index contributed by atoms with van der Waals surface area (Å²) in [5.74, 6) is 0.259. The minimum atomic E-state index is -0.183. The molecule has 1 saturated heterocycles. The summed E-state index contributed by atoms with van der Waals surface area (Å²) < 4.78 is 7.16. The third kappa shape index (κ3) is 3.21. The Morgan fingerprint density at radius 1 is 1.48 bits per heavy atom. The maximum absolute atomic E-state index is 12.8. The summed E-state index contributed by atoms with van der Waals surface area (Å²) in [4.78, 5) is 12.8. The molecule has 130 valence electrons. The molecule has 1 aliphatic heterocycles. The van der Waals surface area contributed by atoms with Crippen molar-refractivity contribution in [3.63, 3.8) is 0 Å². The van der Waals surface area contributed by atoms with Gasteiger partial charge in [0.2, 0.25) is 5.91 Å². The minimum Gasteiger partial charge on any atom is -0.382 e. The minimum absolute atomic E-state index is 0.0742. The van der Waals surface area contributed by atoms with E-state index in [1.807, 2.05) is 18.2 Å². The van der Waals surface area contributed by atoms with Gasteiger partial charge in [-0.05, 0) is 24.5 Å². The quantitative estimate of drug-likeness (QED) is 0.889.